The van der Waals surface area contributed by atoms with Crippen molar-refractivity contribution in [1.29, 1.82) is 0 Å². The standard InChI is InChI=1S/C.Ge.Si.Sn. The molecule has 0 heterocycles. The van der Waals surface area contributed by atoms with E-state index in [1.165, 1.54) is 0 Å². The van der Waals surface area contributed by atoms with E-state index in [9.17, 15) is 0 Å². The summed E-state index contributed by atoms with van der Waals surface area (Å²) in [5, 5.41) is 0. The van der Waals surface area contributed by atoms with Crippen LogP contribution in [0.25, 0.3) is 0 Å². The summed E-state index contributed by atoms with van der Waals surface area (Å²) < 4.78 is 0. The van der Waals surface area contributed by atoms with Crippen LogP contribution >= 0.6 is 0 Å². The molecule has 0 fully saturated rings. The molecule has 0 unspecified atom stereocenters. The maximum Gasteiger partial charge on any atom is 0 e. The average molecular weight is 231 g/mol. The van der Waals surface area contributed by atoms with Crippen molar-refractivity contribution >= 4 is 52.5 Å². The van der Waals surface area contributed by atoms with E-state index >= 15 is 0 Å². The fourth-order valence-electron chi connectivity index (χ4n) is 0. The third-order valence-corrected chi connectivity index (χ3v) is 0. The molecule has 0 bridgehead atoms. The quantitative estimate of drug-likeness (QED) is 0.466. The van der Waals surface area contributed by atoms with E-state index in [-0.39, 0.29) is 59.9 Å². The molecular weight excluding hydrogens is 231 g/mol. The largest absolute Gasteiger partial charge is 0 e. The summed E-state index contributed by atoms with van der Waals surface area (Å²) >= 11 is 0. The number of hydrogen-bond acceptors (Lipinski definition) is 0. The molecule has 0 nitrogen and oxygen atoms in total. The maximum absolute atomic E-state index is 0. The Hall–Kier alpha value is 1.56. The summed E-state index contributed by atoms with van der Waals surface area (Å²) in [5.41, 5.74) is 0. The Morgan fingerprint density at radius 2 is 1.00 bits per heavy atom. The van der Waals surface area contributed by atoms with Crippen LogP contribution in [0.5, 0.6) is 0 Å². The molecule has 0 aromatic rings. The molecule has 0 saturated carbocycles. The van der Waals surface area contributed by atoms with E-state index in [0.717, 1.165) is 0 Å². The zero-order chi connectivity index (χ0) is 0. The van der Waals surface area contributed by atoms with Gasteiger partial charge in [0.2, 0.25) is 0 Å². The van der Waals surface area contributed by atoms with E-state index in [1.54, 1.807) is 0 Å². The van der Waals surface area contributed by atoms with Crippen molar-refractivity contribution in [3.63, 3.8) is 0 Å². The molecular formula is CGeSiSn. The van der Waals surface area contributed by atoms with Gasteiger partial charge in [-0.1, -0.05) is 0 Å². The van der Waals surface area contributed by atoms with E-state index in [2.05, 4.69) is 0 Å². The van der Waals surface area contributed by atoms with Crippen molar-refractivity contribution in [2.24, 2.45) is 0 Å². The SMILES string of the molecule is [C].[Ge].[Si].[Sn]. The van der Waals surface area contributed by atoms with Gasteiger partial charge in [-0.15, -0.1) is 0 Å². The smallest absolute Gasteiger partial charge is 0 e. The van der Waals surface area contributed by atoms with Gasteiger partial charge < -0.3 is 0 Å². The predicted molar refractivity (Wildman–Crippen MR) is 20.5 cm³/mol. The van der Waals surface area contributed by atoms with Crippen LogP contribution in [-0.2, 0) is 0 Å². The first-order chi connectivity index (χ1) is 0. The summed E-state index contributed by atoms with van der Waals surface area (Å²) in [6, 6.07) is 0. The molecule has 4 heavy (non-hydrogen) atoms. The third kappa shape index (κ3) is 9.59. The predicted octanol–water partition coefficient (Wildman–Crippen LogP) is -1.06. The molecule has 3 heteroatoms. The van der Waals surface area contributed by atoms with E-state index < -0.39 is 0 Å². The monoisotopic (exact) mass is 234 g/mol. The molecule has 16 radical (unpaired) electrons. The van der Waals surface area contributed by atoms with Gasteiger partial charge in [0.05, 0.1) is 0 Å². The molecule has 0 aromatic carbocycles. The van der Waals surface area contributed by atoms with Crippen LogP contribution in [0.15, 0.2) is 0 Å². The van der Waals surface area contributed by atoms with Gasteiger partial charge in [-0.2, -0.15) is 0 Å². The van der Waals surface area contributed by atoms with E-state index in [1.807, 2.05) is 0 Å². The topological polar surface area (TPSA) is 0 Å². The van der Waals surface area contributed by atoms with Crippen molar-refractivity contribution in [3.8, 4) is 0 Å². The first-order valence-electron chi connectivity index (χ1n) is 0. The first-order valence-corrected chi connectivity index (χ1v) is 0. The zero-order valence-corrected chi connectivity index (χ0v) is 7.95. The Morgan fingerprint density at radius 3 is 1.00 bits per heavy atom. The number of rotatable bonds is 0. The minimum atomic E-state index is 0. The van der Waals surface area contributed by atoms with Crippen molar-refractivity contribution in [1.82, 2.24) is 0 Å². The second-order valence-corrected chi connectivity index (χ2v) is 0. The van der Waals surface area contributed by atoms with Crippen LogP contribution in [0.3, 0.4) is 0 Å². The molecule has 0 aliphatic rings. The third-order valence-electron chi connectivity index (χ3n) is 0. The Bertz CT molecular complexity index is 8.00. The van der Waals surface area contributed by atoms with Gasteiger partial charge in [0, 0.05) is 59.9 Å². The summed E-state index contributed by atoms with van der Waals surface area (Å²) in [6.45, 7) is 0. The van der Waals surface area contributed by atoms with Crippen molar-refractivity contribution in [2.45, 2.75) is 0 Å². The molecule has 0 saturated heterocycles. The van der Waals surface area contributed by atoms with Gasteiger partial charge in [0.1, 0.15) is 0 Å². The molecule has 16 valence electrons. The van der Waals surface area contributed by atoms with Crippen LogP contribution in [0.4, 0.5) is 0 Å². The second-order valence-electron chi connectivity index (χ2n) is 0. The van der Waals surface area contributed by atoms with Gasteiger partial charge >= 0.3 is 0 Å². The van der Waals surface area contributed by atoms with Crippen molar-refractivity contribution in [3.05, 3.63) is 7.43 Å². The van der Waals surface area contributed by atoms with Crippen LogP contribution in [0, 0.1) is 7.43 Å². The molecule has 0 spiro atoms. The summed E-state index contributed by atoms with van der Waals surface area (Å²) in [6.07, 6.45) is 0. The van der Waals surface area contributed by atoms with E-state index in [0.29, 0.717) is 0 Å². The molecule has 0 aromatic heterocycles. The molecule has 0 atom stereocenters. The average Bonchev–Trinajstić information content (AvgIpc) is 0. The minimum absolute atomic E-state index is 0. The summed E-state index contributed by atoms with van der Waals surface area (Å²) in [4.78, 5) is 0. The van der Waals surface area contributed by atoms with Gasteiger partial charge in [-0.25, -0.2) is 0 Å². The Labute approximate surface area is 59.7 Å². The Balaban J connectivity index is 0. The minimum Gasteiger partial charge on any atom is 0 e. The Morgan fingerprint density at radius 1 is 1.00 bits per heavy atom. The fourth-order valence-corrected chi connectivity index (χ4v) is 0. The van der Waals surface area contributed by atoms with E-state index in [4.69, 9.17) is 0 Å². The van der Waals surface area contributed by atoms with Crippen LogP contribution in [-0.4, -0.2) is 52.5 Å². The second kappa shape index (κ2) is 23.8. The fraction of sp³-hybridized carbons (Fsp3) is 0. The first kappa shape index (κ1) is 47.6. The van der Waals surface area contributed by atoms with Gasteiger partial charge in [0.25, 0.3) is 0 Å². The van der Waals surface area contributed by atoms with Crippen LogP contribution in [0.1, 0.15) is 0 Å². The van der Waals surface area contributed by atoms with Crippen molar-refractivity contribution in [2.75, 3.05) is 0 Å². The van der Waals surface area contributed by atoms with Crippen LogP contribution in [0.2, 0.25) is 0 Å². The molecule has 0 rings (SSSR count). The maximum atomic E-state index is 0. The molecule has 0 amide bonds. The van der Waals surface area contributed by atoms with Crippen molar-refractivity contribution < 1.29 is 0 Å². The molecule has 0 aliphatic heterocycles. The Kier molecular flexibility index (Phi) is 283. The summed E-state index contributed by atoms with van der Waals surface area (Å²) in [5.74, 6) is 0. The molecule has 0 N–H and O–H groups in total. The zero-order valence-electron chi connectivity index (χ0n) is 2.00. The summed E-state index contributed by atoms with van der Waals surface area (Å²) in [7, 11) is 0. The van der Waals surface area contributed by atoms with Gasteiger partial charge in [-0.3, -0.25) is 0 Å². The molecule has 0 aliphatic carbocycles. The van der Waals surface area contributed by atoms with Crippen LogP contribution < -0.4 is 0 Å². The van der Waals surface area contributed by atoms with Gasteiger partial charge in [-0.05, 0) is 0 Å². The number of hydrogen-bond donors (Lipinski definition) is 0. The van der Waals surface area contributed by atoms with Gasteiger partial charge in [0.15, 0.2) is 0 Å². The normalized spacial score (nSPS) is 0.